The number of hydrogen-bond acceptors (Lipinski definition) is 4. The van der Waals surface area contributed by atoms with Crippen molar-refractivity contribution >= 4 is 11.5 Å². The second kappa shape index (κ2) is 4.88. The van der Waals surface area contributed by atoms with Gasteiger partial charge >= 0.3 is 0 Å². The van der Waals surface area contributed by atoms with Crippen LogP contribution in [0.25, 0.3) is 0 Å². The topological polar surface area (TPSA) is 68.9 Å². The molecule has 0 unspecified atom stereocenters. The zero-order valence-corrected chi connectivity index (χ0v) is 10.6. The lowest BCUT2D eigenvalue weighted by molar-refractivity contribution is -0.257. The summed E-state index contributed by atoms with van der Waals surface area (Å²) < 4.78 is 5.34. The number of nitrogens with zero attached hydrogens (tertiary/aromatic N) is 2. The van der Waals surface area contributed by atoms with E-state index in [4.69, 9.17) is 10.1 Å². The minimum atomic E-state index is -1.54. The molecule has 1 atom stereocenters. The van der Waals surface area contributed by atoms with E-state index in [-0.39, 0.29) is 12.3 Å². The van der Waals surface area contributed by atoms with Gasteiger partial charge in [0.2, 0.25) is 0 Å². The van der Waals surface area contributed by atoms with Crippen molar-refractivity contribution in [3.05, 3.63) is 35.9 Å². The van der Waals surface area contributed by atoms with Crippen LogP contribution in [0.5, 0.6) is 0 Å². The Bertz CT molecular complexity index is 472. The maximum Gasteiger partial charge on any atom is 0.275 e. The lowest BCUT2D eigenvalue weighted by atomic mass is 10.2. The van der Waals surface area contributed by atoms with Crippen molar-refractivity contribution in [2.45, 2.75) is 26.2 Å². The Morgan fingerprint density at radius 3 is 2.78 bits per heavy atom. The van der Waals surface area contributed by atoms with Gasteiger partial charge in [0, 0.05) is 17.9 Å². The first-order valence-corrected chi connectivity index (χ1v) is 5.91. The fraction of sp³-hybridized carbons (Fsp3) is 0.385. The van der Waals surface area contributed by atoms with Gasteiger partial charge in [-0.15, -0.1) is 0 Å². The molecular formula is C13H17N3O2. The molecule has 0 bridgehead atoms. The number of ether oxygens (including phenoxy) is 1. The standard InChI is InChI=1S/C13H17N3O2/c1-3-18-13(17)9-10(2)15-16(13)12(14)11-7-5-4-6-8-11/h4-8,14,17H,3,9H2,1-2H3/t13-/m1/s1. The number of nitrogens with one attached hydrogen (secondary N) is 1. The molecule has 96 valence electrons. The van der Waals surface area contributed by atoms with E-state index >= 15 is 0 Å². The molecule has 0 saturated carbocycles. The molecule has 0 saturated heterocycles. The van der Waals surface area contributed by atoms with Crippen LogP contribution in [0.4, 0.5) is 0 Å². The van der Waals surface area contributed by atoms with Crippen LogP contribution in [0, 0.1) is 5.41 Å². The largest absolute Gasteiger partial charge is 0.347 e. The molecule has 1 aromatic carbocycles. The zero-order valence-electron chi connectivity index (χ0n) is 10.6. The molecule has 0 aliphatic carbocycles. The molecule has 5 nitrogen and oxygen atoms in total. The second-order valence-electron chi connectivity index (χ2n) is 4.21. The Kier molecular flexibility index (Phi) is 3.45. The molecule has 5 heteroatoms. The third-order valence-electron chi connectivity index (χ3n) is 2.72. The van der Waals surface area contributed by atoms with Gasteiger partial charge in [0.05, 0.1) is 6.42 Å². The third kappa shape index (κ3) is 2.27. The van der Waals surface area contributed by atoms with Crippen molar-refractivity contribution in [3.8, 4) is 0 Å². The van der Waals surface area contributed by atoms with Crippen LogP contribution >= 0.6 is 0 Å². The lowest BCUT2D eigenvalue weighted by Gasteiger charge is -2.31. The predicted octanol–water partition coefficient (Wildman–Crippen LogP) is 1.78. The molecule has 1 aliphatic heterocycles. The highest BCUT2D eigenvalue weighted by Gasteiger charge is 2.43. The first-order valence-electron chi connectivity index (χ1n) is 5.91. The van der Waals surface area contributed by atoms with Crippen LogP contribution in [-0.4, -0.2) is 34.2 Å². The summed E-state index contributed by atoms with van der Waals surface area (Å²) in [4.78, 5) is 0. The van der Waals surface area contributed by atoms with Gasteiger partial charge in [0.1, 0.15) is 0 Å². The molecule has 0 radical (unpaired) electrons. The van der Waals surface area contributed by atoms with E-state index in [1.54, 1.807) is 19.1 Å². The maximum absolute atomic E-state index is 10.4. The van der Waals surface area contributed by atoms with Crippen molar-refractivity contribution in [1.29, 1.82) is 5.41 Å². The van der Waals surface area contributed by atoms with Crippen LogP contribution in [0.3, 0.4) is 0 Å². The molecular weight excluding hydrogens is 230 g/mol. The van der Waals surface area contributed by atoms with E-state index in [1.165, 1.54) is 5.01 Å². The average Bonchev–Trinajstić information content (AvgIpc) is 2.65. The number of aliphatic hydroxyl groups is 1. The zero-order chi connectivity index (χ0) is 13.2. The lowest BCUT2D eigenvalue weighted by Crippen LogP contribution is -2.48. The van der Waals surface area contributed by atoms with Gasteiger partial charge in [-0.2, -0.15) is 10.1 Å². The third-order valence-corrected chi connectivity index (χ3v) is 2.72. The number of hydrogen-bond donors (Lipinski definition) is 2. The van der Waals surface area contributed by atoms with Crippen molar-refractivity contribution in [2.24, 2.45) is 5.10 Å². The van der Waals surface area contributed by atoms with Crippen LogP contribution < -0.4 is 0 Å². The van der Waals surface area contributed by atoms with Crippen molar-refractivity contribution in [2.75, 3.05) is 6.61 Å². The van der Waals surface area contributed by atoms with E-state index in [0.717, 1.165) is 5.71 Å². The van der Waals surface area contributed by atoms with Gasteiger partial charge in [-0.3, -0.25) is 5.41 Å². The normalized spacial score (nSPS) is 23.1. The highest BCUT2D eigenvalue weighted by atomic mass is 16.7. The maximum atomic E-state index is 10.4. The van der Waals surface area contributed by atoms with E-state index in [9.17, 15) is 5.11 Å². The first-order chi connectivity index (χ1) is 8.57. The minimum absolute atomic E-state index is 0.128. The van der Waals surface area contributed by atoms with Crippen LogP contribution in [0.1, 0.15) is 25.8 Å². The predicted molar refractivity (Wildman–Crippen MR) is 69.4 cm³/mol. The van der Waals surface area contributed by atoms with Gasteiger partial charge < -0.3 is 9.84 Å². The summed E-state index contributed by atoms with van der Waals surface area (Å²) in [6, 6.07) is 9.17. The van der Waals surface area contributed by atoms with Crippen molar-refractivity contribution in [1.82, 2.24) is 5.01 Å². The highest BCUT2D eigenvalue weighted by Crippen LogP contribution is 2.28. The number of hydrazone groups is 1. The summed E-state index contributed by atoms with van der Waals surface area (Å²) in [7, 11) is 0. The number of benzene rings is 1. The van der Waals surface area contributed by atoms with Crippen molar-refractivity contribution in [3.63, 3.8) is 0 Å². The number of rotatable bonds is 3. The summed E-state index contributed by atoms with van der Waals surface area (Å²) in [5.41, 5.74) is 1.43. The van der Waals surface area contributed by atoms with Crippen LogP contribution in [0.2, 0.25) is 0 Å². The molecule has 1 aliphatic rings. The van der Waals surface area contributed by atoms with Crippen LogP contribution in [-0.2, 0) is 4.74 Å². The molecule has 0 amide bonds. The molecule has 0 spiro atoms. The first kappa shape index (κ1) is 12.7. The fourth-order valence-electron chi connectivity index (χ4n) is 1.98. The Labute approximate surface area is 106 Å². The quantitative estimate of drug-likeness (QED) is 0.486. The summed E-state index contributed by atoms with van der Waals surface area (Å²) in [6.07, 6.45) is 0.288. The van der Waals surface area contributed by atoms with Gasteiger partial charge in [-0.25, -0.2) is 0 Å². The Morgan fingerprint density at radius 1 is 1.50 bits per heavy atom. The molecule has 2 rings (SSSR count). The molecule has 2 N–H and O–H groups in total. The summed E-state index contributed by atoms with van der Waals surface area (Å²) in [5.74, 6) is -1.41. The van der Waals surface area contributed by atoms with Crippen molar-refractivity contribution < 1.29 is 9.84 Å². The second-order valence-corrected chi connectivity index (χ2v) is 4.21. The summed E-state index contributed by atoms with van der Waals surface area (Å²) in [6.45, 7) is 3.97. The van der Waals surface area contributed by atoms with Gasteiger partial charge in [-0.1, -0.05) is 30.3 Å². The summed E-state index contributed by atoms with van der Waals surface area (Å²) in [5, 5.41) is 24.0. The minimum Gasteiger partial charge on any atom is -0.347 e. The Morgan fingerprint density at radius 2 is 2.17 bits per heavy atom. The van der Waals surface area contributed by atoms with E-state index in [1.807, 2.05) is 25.1 Å². The summed E-state index contributed by atoms with van der Waals surface area (Å²) >= 11 is 0. The van der Waals surface area contributed by atoms with Gasteiger partial charge in [-0.05, 0) is 13.8 Å². The average molecular weight is 247 g/mol. The molecule has 0 aromatic heterocycles. The Hall–Kier alpha value is -1.72. The Balaban J connectivity index is 2.28. The highest BCUT2D eigenvalue weighted by molar-refractivity contribution is 5.99. The monoisotopic (exact) mass is 247 g/mol. The van der Waals surface area contributed by atoms with Gasteiger partial charge in [0.15, 0.2) is 5.84 Å². The molecule has 1 heterocycles. The van der Waals surface area contributed by atoms with Gasteiger partial charge in [0.25, 0.3) is 5.91 Å². The molecule has 1 aromatic rings. The van der Waals surface area contributed by atoms with Crippen LogP contribution in [0.15, 0.2) is 35.4 Å². The molecule has 0 fully saturated rings. The number of amidine groups is 1. The SMILES string of the molecule is CCO[C@]1(O)CC(C)=NN1C(=N)c1ccccc1. The fourth-order valence-corrected chi connectivity index (χ4v) is 1.98. The van der Waals surface area contributed by atoms with E-state index in [0.29, 0.717) is 12.2 Å². The van der Waals surface area contributed by atoms with E-state index in [2.05, 4.69) is 5.10 Å². The molecule has 18 heavy (non-hydrogen) atoms. The van der Waals surface area contributed by atoms with E-state index < -0.39 is 5.91 Å². The smallest absolute Gasteiger partial charge is 0.275 e.